The van der Waals surface area contributed by atoms with Crippen LogP contribution in [0.5, 0.6) is 0 Å². The third-order valence-corrected chi connectivity index (χ3v) is 10.1. The van der Waals surface area contributed by atoms with Gasteiger partial charge in [-0.15, -0.1) is 0 Å². The number of allylic oxidation sites excluding steroid dienone is 2. The molecular formula is C65H93N5O16. The molecule has 0 heterocycles. The number of nitrogens with two attached hydrogens (primary N) is 1. The average Bonchev–Trinajstić information content (AvgIpc) is 3.69. The van der Waals surface area contributed by atoms with Crippen molar-refractivity contribution in [3.8, 4) is 0 Å². The molecule has 4 aromatic carbocycles. The van der Waals surface area contributed by atoms with Crippen LogP contribution in [0.4, 0.5) is 0 Å². The van der Waals surface area contributed by atoms with Gasteiger partial charge in [0.1, 0.15) is 46.7 Å². The molecule has 0 aliphatic carbocycles. The fourth-order valence-corrected chi connectivity index (χ4v) is 6.31. The monoisotopic (exact) mass is 1200 g/mol. The number of hydrogen-bond acceptors (Lipinski definition) is 21. The fourth-order valence-electron chi connectivity index (χ4n) is 6.31. The SMILES string of the molecule is CCOC(=O)C(C=NC)=C(C)O.CCOC(=O)C(C=NN(Cc1ccccc1)Cc1ccccc1)=C(C)O.CCOC(=O)CC(C)=O.CCOC(OCC)OCC.CCOC=C(C(C)=O)C(=O)OCC.NN(Cc1ccccc1)Cc1ccccc1. The second kappa shape index (κ2) is 52.2. The number of aliphatic hydroxyl groups is 2. The van der Waals surface area contributed by atoms with Crippen LogP contribution < -0.4 is 5.84 Å². The number of Topliss-reactive ketones (excluding diaryl/α,β-unsaturated/α-hetero) is 2. The highest BCUT2D eigenvalue weighted by atomic mass is 16.8. The molecule has 0 fully saturated rings. The quantitative estimate of drug-likeness (QED) is 0.00435. The van der Waals surface area contributed by atoms with Gasteiger partial charge in [-0.05, 0) is 105 Å². The van der Waals surface area contributed by atoms with Gasteiger partial charge in [0, 0.05) is 46.2 Å². The second-order valence-corrected chi connectivity index (χ2v) is 17.3. The number of esters is 4. The Hall–Kier alpha value is -8.34. The summed E-state index contributed by atoms with van der Waals surface area (Å²) in [6.07, 6.45) is 3.67. The molecule has 86 heavy (non-hydrogen) atoms. The first kappa shape index (κ1) is 79.7. The summed E-state index contributed by atoms with van der Waals surface area (Å²) in [6.45, 7) is 25.4. The van der Waals surface area contributed by atoms with Crippen molar-refractivity contribution in [2.75, 3.05) is 59.9 Å². The molecule has 0 aliphatic rings. The highest BCUT2D eigenvalue weighted by Crippen LogP contribution is 2.12. The lowest BCUT2D eigenvalue weighted by Gasteiger charge is -2.19. The predicted octanol–water partition coefficient (Wildman–Crippen LogP) is 10.7. The van der Waals surface area contributed by atoms with E-state index in [4.69, 9.17) is 34.6 Å². The molecule has 0 aliphatic heterocycles. The molecule has 4 aromatic rings. The van der Waals surface area contributed by atoms with E-state index in [2.05, 4.69) is 48.6 Å². The van der Waals surface area contributed by atoms with E-state index in [1.807, 2.05) is 128 Å². The van der Waals surface area contributed by atoms with Crippen LogP contribution in [0.25, 0.3) is 0 Å². The molecule has 0 aromatic heterocycles. The molecule has 474 valence electrons. The van der Waals surface area contributed by atoms with Crippen LogP contribution in [0.15, 0.2) is 166 Å². The second-order valence-electron chi connectivity index (χ2n) is 17.3. The lowest BCUT2D eigenvalue weighted by Crippen LogP contribution is -2.29. The Bertz CT molecular complexity index is 2530. The number of aliphatic hydroxyl groups excluding tert-OH is 2. The Balaban J connectivity index is 0. The molecule has 21 heteroatoms. The van der Waals surface area contributed by atoms with Gasteiger partial charge < -0.3 is 48.1 Å². The van der Waals surface area contributed by atoms with Crippen molar-refractivity contribution in [1.82, 2.24) is 10.0 Å². The molecule has 0 amide bonds. The van der Waals surface area contributed by atoms with Gasteiger partial charge in [-0.25, -0.2) is 19.4 Å². The number of benzene rings is 4. The van der Waals surface area contributed by atoms with Crippen LogP contribution >= 0.6 is 0 Å². The molecule has 0 saturated carbocycles. The van der Waals surface area contributed by atoms with Crippen molar-refractivity contribution in [1.29, 1.82) is 0 Å². The molecule has 0 saturated heterocycles. The minimum Gasteiger partial charge on any atom is -0.512 e. The van der Waals surface area contributed by atoms with Gasteiger partial charge in [-0.3, -0.25) is 30.2 Å². The number of rotatable bonds is 29. The number of ether oxygens (including phenoxy) is 8. The first-order chi connectivity index (χ1) is 41.2. The minimum absolute atomic E-state index is 0.0521. The van der Waals surface area contributed by atoms with Crippen LogP contribution in [0, 0.1) is 0 Å². The van der Waals surface area contributed by atoms with E-state index in [1.54, 1.807) is 34.6 Å². The van der Waals surface area contributed by atoms with Crippen LogP contribution in [-0.4, -0.2) is 134 Å². The zero-order chi connectivity index (χ0) is 64.9. The number of ketones is 2. The highest BCUT2D eigenvalue weighted by molar-refractivity contribution is 6.16. The van der Waals surface area contributed by atoms with Gasteiger partial charge in [0.2, 0.25) is 0 Å². The Labute approximate surface area is 509 Å². The van der Waals surface area contributed by atoms with Crippen LogP contribution in [-0.2, 0) is 92.8 Å². The first-order valence-corrected chi connectivity index (χ1v) is 28.2. The normalized spacial score (nSPS) is 11.2. The van der Waals surface area contributed by atoms with Gasteiger partial charge in [0.15, 0.2) is 5.78 Å². The molecule has 0 bridgehead atoms. The lowest BCUT2D eigenvalue weighted by atomic mass is 10.2. The number of aliphatic imine (C=N–C) groups is 1. The Morgan fingerprint density at radius 1 is 0.488 bits per heavy atom. The van der Waals surface area contributed by atoms with E-state index >= 15 is 0 Å². The molecule has 0 spiro atoms. The van der Waals surface area contributed by atoms with Crippen molar-refractivity contribution in [3.05, 3.63) is 178 Å². The van der Waals surface area contributed by atoms with Crippen molar-refractivity contribution in [3.63, 3.8) is 0 Å². The van der Waals surface area contributed by atoms with Crippen LogP contribution in [0.3, 0.4) is 0 Å². The number of hydrogen-bond donors (Lipinski definition) is 3. The summed E-state index contributed by atoms with van der Waals surface area (Å²) in [5, 5.41) is 26.9. The molecular weight excluding hydrogens is 1110 g/mol. The molecule has 4 N–H and O–H groups in total. The Morgan fingerprint density at radius 3 is 1.14 bits per heavy atom. The summed E-state index contributed by atoms with van der Waals surface area (Å²) in [4.78, 5) is 69.3. The van der Waals surface area contributed by atoms with E-state index in [-0.39, 0.29) is 66.0 Å². The summed E-state index contributed by atoms with van der Waals surface area (Å²) in [5.41, 5.74) is 4.77. The number of carbonyl (C=O) groups is 6. The fraction of sp³-hybridized carbons (Fsp3) is 0.415. The Morgan fingerprint density at radius 2 is 0.837 bits per heavy atom. The maximum Gasteiger partial charge on any atom is 0.344 e. The van der Waals surface area contributed by atoms with E-state index in [9.17, 15) is 33.9 Å². The number of carbonyl (C=O) groups excluding carboxylic acids is 6. The van der Waals surface area contributed by atoms with Gasteiger partial charge >= 0.3 is 23.9 Å². The van der Waals surface area contributed by atoms with E-state index in [0.29, 0.717) is 46.1 Å². The van der Waals surface area contributed by atoms with Crippen molar-refractivity contribution < 1.29 is 76.9 Å². The summed E-state index contributed by atoms with van der Waals surface area (Å²) in [7, 11) is 1.52. The van der Waals surface area contributed by atoms with E-state index < -0.39 is 30.4 Å². The minimum atomic E-state index is -0.636. The van der Waals surface area contributed by atoms with Gasteiger partial charge in [-0.1, -0.05) is 121 Å². The molecule has 21 nitrogen and oxygen atoms in total. The average molecular weight is 1200 g/mol. The lowest BCUT2D eigenvalue weighted by molar-refractivity contribution is -0.282. The Kier molecular flexibility index (Phi) is 48.4. The molecule has 0 unspecified atom stereocenters. The number of nitrogens with zero attached hydrogens (tertiary/aromatic N) is 4. The standard InChI is InChI=1S/C21H24N2O3.C14H16N2.C9H14O4.C8H13NO3.C7H16O3.C6H10O3/c1-3-26-21(25)20(17(2)24)14-22-23(15-18-10-6-4-7-11-18)16-19-12-8-5-9-13-19;15-16(11-13-7-3-1-4-8-13)12-14-9-5-2-6-10-14;1-4-12-6-8(7(3)10)9(11)13-5-2;1-4-12-8(11)7(5-9-3)6(2)10;1-4-8-7(9-5-2)10-6-3;1-3-9-6(8)4-5(2)7/h4-14,24H,3,15-16H2,1-2H3;1-10H,11-12,15H2;6H,4-5H2,1-3H3;5,10H,4H2,1-3H3;7H,4-6H2,1-3H3;3-4H2,1-2H3. The zero-order valence-electron chi connectivity index (χ0n) is 52.5. The maximum absolute atomic E-state index is 12.0. The smallest absolute Gasteiger partial charge is 0.344 e. The van der Waals surface area contributed by atoms with Crippen molar-refractivity contribution >= 4 is 47.9 Å². The first-order valence-electron chi connectivity index (χ1n) is 28.2. The molecule has 0 atom stereocenters. The third kappa shape index (κ3) is 41.6. The number of hydrazone groups is 1. The van der Waals surface area contributed by atoms with Gasteiger partial charge in [0.05, 0.1) is 52.3 Å². The number of hydrazine groups is 1. The maximum atomic E-state index is 12.0. The molecule has 4 rings (SSSR count). The zero-order valence-corrected chi connectivity index (χ0v) is 52.5. The van der Waals surface area contributed by atoms with E-state index in [0.717, 1.165) is 30.5 Å². The summed E-state index contributed by atoms with van der Waals surface area (Å²) < 4.78 is 38.9. The largest absolute Gasteiger partial charge is 0.512 e. The summed E-state index contributed by atoms with van der Waals surface area (Å²) in [5.74, 6) is 3.04. The van der Waals surface area contributed by atoms with Gasteiger partial charge in [-0.2, -0.15) is 5.10 Å². The topological polar surface area (TPSA) is 274 Å². The van der Waals surface area contributed by atoms with Crippen molar-refractivity contribution in [2.24, 2.45) is 15.9 Å². The van der Waals surface area contributed by atoms with Crippen molar-refractivity contribution in [2.45, 2.75) is 122 Å². The van der Waals surface area contributed by atoms with Crippen LogP contribution in [0.1, 0.15) is 112 Å². The summed E-state index contributed by atoms with van der Waals surface area (Å²) in [6, 6.07) is 40.4. The summed E-state index contributed by atoms with van der Waals surface area (Å²) >= 11 is 0. The highest BCUT2D eigenvalue weighted by Gasteiger charge is 2.16. The van der Waals surface area contributed by atoms with Crippen LogP contribution in [0.2, 0.25) is 0 Å². The van der Waals surface area contributed by atoms with E-state index in [1.165, 1.54) is 58.3 Å². The molecule has 0 radical (unpaired) electrons. The van der Waals surface area contributed by atoms with Gasteiger partial charge in [0.25, 0.3) is 6.48 Å². The third-order valence-electron chi connectivity index (χ3n) is 10.1. The predicted molar refractivity (Wildman–Crippen MR) is 333 cm³/mol.